The molecule has 0 unspecified atom stereocenters. The van der Waals surface area contributed by atoms with Crippen LogP contribution >= 0.6 is 0 Å². The van der Waals surface area contributed by atoms with Crippen molar-refractivity contribution in [2.75, 3.05) is 14.2 Å². The van der Waals surface area contributed by atoms with Crippen LogP contribution in [0.15, 0.2) is 24.3 Å². The van der Waals surface area contributed by atoms with E-state index in [9.17, 15) is 4.79 Å². The number of nitrogens with zero attached hydrogens (tertiary/aromatic N) is 1. The maximum atomic E-state index is 11.3. The van der Waals surface area contributed by atoms with Crippen molar-refractivity contribution in [2.45, 2.75) is 12.8 Å². The molecule has 1 amide bonds. The number of carbonyl (C=O) groups is 1. The second-order valence-electron chi connectivity index (χ2n) is 3.32. The Bertz CT molecular complexity index is 337. The van der Waals surface area contributed by atoms with Crippen LogP contribution in [0.4, 0.5) is 0 Å². The highest BCUT2D eigenvalue weighted by Gasteiger charge is 2.07. The maximum absolute atomic E-state index is 11.3. The van der Waals surface area contributed by atoms with Crippen LogP contribution in [-0.4, -0.2) is 25.1 Å². The summed E-state index contributed by atoms with van der Waals surface area (Å²) in [5, 5.41) is 1.11. The summed E-state index contributed by atoms with van der Waals surface area (Å²) in [6.45, 7) is 0. The lowest BCUT2D eigenvalue weighted by Crippen LogP contribution is -2.33. The molecule has 2 N–H and O–H groups in total. The summed E-state index contributed by atoms with van der Waals surface area (Å²) < 4.78 is 5.18. The molecule has 0 heterocycles. The van der Waals surface area contributed by atoms with E-state index < -0.39 is 0 Å². The molecule has 0 radical (unpaired) electrons. The SMILES string of the molecule is COc1ccccc1CCC(=O)N(C)N. The van der Waals surface area contributed by atoms with Crippen LogP contribution in [0.1, 0.15) is 12.0 Å². The number of carbonyl (C=O) groups excluding carboxylic acids is 1. The molecule has 15 heavy (non-hydrogen) atoms. The summed E-state index contributed by atoms with van der Waals surface area (Å²) >= 11 is 0. The van der Waals surface area contributed by atoms with Crippen LogP contribution in [0.2, 0.25) is 0 Å². The Hall–Kier alpha value is -1.55. The summed E-state index contributed by atoms with van der Waals surface area (Å²) in [6, 6.07) is 7.66. The van der Waals surface area contributed by atoms with Crippen LogP contribution in [0.5, 0.6) is 5.75 Å². The lowest BCUT2D eigenvalue weighted by atomic mass is 10.1. The van der Waals surface area contributed by atoms with Crippen molar-refractivity contribution in [3.05, 3.63) is 29.8 Å². The van der Waals surface area contributed by atoms with Gasteiger partial charge in [-0.25, -0.2) is 5.84 Å². The lowest BCUT2D eigenvalue weighted by Gasteiger charge is -2.11. The molecule has 0 spiro atoms. The number of ether oxygens (including phenoxy) is 1. The first-order valence-electron chi connectivity index (χ1n) is 4.78. The van der Waals surface area contributed by atoms with Crippen molar-refractivity contribution in [1.29, 1.82) is 0 Å². The Morgan fingerprint density at radius 3 is 2.73 bits per heavy atom. The van der Waals surface area contributed by atoms with Gasteiger partial charge in [-0.2, -0.15) is 0 Å². The van der Waals surface area contributed by atoms with Gasteiger partial charge in [-0.1, -0.05) is 18.2 Å². The van der Waals surface area contributed by atoms with E-state index in [1.807, 2.05) is 24.3 Å². The van der Waals surface area contributed by atoms with Gasteiger partial charge in [-0.3, -0.25) is 9.80 Å². The number of rotatable bonds is 4. The quantitative estimate of drug-likeness (QED) is 0.455. The van der Waals surface area contributed by atoms with Crippen molar-refractivity contribution in [3.8, 4) is 5.75 Å². The number of methoxy groups -OCH3 is 1. The third-order valence-corrected chi connectivity index (χ3v) is 2.19. The molecule has 1 aromatic carbocycles. The highest BCUT2D eigenvalue weighted by molar-refractivity contribution is 5.75. The largest absolute Gasteiger partial charge is 0.496 e. The summed E-state index contributed by atoms with van der Waals surface area (Å²) in [6.07, 6.45) is 1.04. The molecule has 0 aromatic heterocycles. The lowest BCUT2D eigenvalue weighted by molar-refractivity contribution is -0.130. The highest BCUT2D eigenvalue weighted by Crippen LogP contribution is 2.18. The summed E-state index contributed by atoms with van der Waals surface area (Å²) in [7, 11) is 3.17. The molecule has 0 atom stereocenters. The molecule has 0 bridgehead atoms. The Kier molecular flexibility index (Phi) is 4.12. The monoisotopic (exact) mass is 208 g/mol. The summed E-state index contributed by atoms with van der Waals surface area (Å²) in [5.41, 5.74) is 1.02. The zero-order chi connectivity index (χ0) is 11.3. The molecule has 4 heteroatoms. The number of hydrogen-bond acceptors (Lipinski definition) is 3. The Morgan fingerprint density at radius 2 is 2.13 bits per heavy atom. The van der Waals surface area contributed by atoms with E-state index in [2.05, 4.69) is 0 Å². The van der Waals surface area contributed by atoms with Gasteiger partial charge in [0.25, 0.3) is 0 Å². The maximum Gasteiger partial charge on any atom is 0.236 e. The minimum atomic E-state index is -0.0825. The van der Waals surface area contributed by atoms with E-state index in [1.165, 1.54) is 0 Å². The molecular formula is C11H16N2O2. The molecule has 82 valence electrons. The van der Waals surface area contributed by atoms with E-state index in [1.54, 1.807) is 14.2 Å². The second kappa shape index (κ2) is 5.36. The standard InChI is InChI=1S/C11H16N2O2/c1-13(12)11(14)8-7-9-5-3-4-6-10(9)15-2/h3-6H,7-8,12H2,1-2H3. The molecular weight excluding hydrogens is 192 g/mol. The first-order chi connectivity index (χ1) is 7.15. The van der Waals surface area contributed by atoms with Gasteiger partial charge in [0.2, 0.25) is 5.91 Å². The van der Waals surface area contributed by atoms with Gasteiger partial charge in [-0.05, 0) is 18.1 Å². The molecule has 1 rings (SSSR count). The second-order valence-corrected chi connectivity index (χ2v) is 3.32. The van der Waals surface area contributed by atoms with Crippen molar-refractivity contribution in [3.63, 3.8) is 0 Å². The zero-order valence-corrected chi connectivity index (χ0v) is 9.06. The van der Waals surface area contributed by atoms with Crippen molar-refractivity contribution in [2.24, 2.45) is 5.84 Å². The molecule has 1 aromatic rings. The van der Waals surface area contributed by atoms with Crippen molar-refractivity contribution in [1.82, 2.24) is 5.01 Å². The number of para-hydroxylation sites is 1. The number of hydrazine groups is 1. The fraction of sp³-hybridized carbons (Fsp3) is 0.364. The van der Waals surface area contributed by atoms with Crippen LogP contribution in [0, 0.1) is 0 Å². The van der Waals surface area contributed by atoms with E-state index in [-0.39, 0.29) is 5.91 Å². The molecule has 0 fully saturated rings. The van der Waals surface area contributed by atoms with Gasteiger partial charge >= 0.3 is 0 Å². The Morgan fingerprint density at radius 1 is 1.47 bits per heavy atom. The zero-order valence-electron chi connectivity index (χ0n) is 9.06. The van der Waals surface area contributed by atoms with Crippen molar-refractivity contribution >= 4 is 5.91 Å². The fourth-order valence-electron chi connectivity index (χ4n) is 1.33. The highest BCUT2D eigenvalue weighted by atomic mass is 16.5. The molecule has 4 nitrogen and oxygen atoms in total. The average molecular weight is 208 g/mol. The Balaban J connectivity index is 2.61. The number of amides is 1. The first kappa shape index (κ1) is 11.5. The van der Waals surface area contributed by atoms with E-state index >= 15 is 0 Å². The van der Waals surface area contributed by atoms with E-state index in [0.29, 0.717) is 12.8 Å². The van der Waals surface area contributed by atoms with Crippen LogP contribution in [0.3, 0.4) is 0 Å². The number of benzene rings is 1. The van der Waals surface area contributed by atoms with E-state index in [0.717, 1.165) is 16.3 Å². The summed E-state index contributed by atoms with van der Waals surface area (Å²) in [4.78, 5) is 11.3. The predicted molar refractivity (Wildman–Crippen MR) is 58.3 cm³/mol. The van der Waals surface area contributed by atoms with Gasteiger partial charge in [0.05, 0.1) is 7.11 Å². The van der Waals surface area contributed by atoms with Gasteiger partial charge < -0.3 is 4.74 Å². The van der Waals surface area contributed by atoms with Gasteiger partial charge in [-0.15, -0.1) is 0 Å². The van der Waals surface area contributed by atoms with Gasteiger partial charge in [0.15, 0.2) is 0 Å². The minimum absolute atomic E-state index is 0.0825. The van der Waals surface area contributed by atoms with Crippen LogP contribution in [-0.2, 0) is 11.2 Å². The summed E-state index contributed by atoms with van der Waals surface area (Å²) in [5.74, 6) is 6.05. The molecule has 0 saturated heterocycles. The number of hydrogen-bond donors (Lipinski definition) is 1. The molecule has 0 saturated carbocycles. The van der Waals surface area contributed by atoms with Crippen molar-refractivity contribution < 1.29 is 9.53 Å². The van der Waals surface area contributed by atoms with Gasteiger partial charge in [0.1, 0.15) is 5.75 Å². The average Bonchev–Trinajstić information content (AvgIpc) is 2.26. The predicted octanol–water partition coefficient (Wildman–Crippen LogP) is 0.960. The van der Waals surface area contributed by atoms with Crippen LogP contribution in [0.25, 0.3) is 0 Å². The molecule has 0 aliphatic heterocycles. The number of aryl methyl sites for hydroxylation is 1. The van der Waals surface area contributed by atoms with E-state index in [4.69, 9.17) is 10.6 Å². The smallest absolute Gasteiger partial charge is 0.236 e. The fourth-order valence-corrected chi connectivity index (χ4v) is 1.33. The third kappa shape index (κ3) is 3.25. The topological polar surface area (TPSA) is 55.6 Å². The van der Waals surface area contributed by atoms with Gasteiger partial charge in [0, 0.05) is 13.5 Å². The third-order valence-electron chi connectivity index (χ3n) is 2.19. The minimum Gasteiger partial charge on any atom is -0.496 e. The van der Waals surface area contributed by atoms with Crippen LogP contribution < -0.4 is 10.6 Å². The molecule has 0 aliphatic rings. The first-order valence-corrected chi connectivity index (χ1v) is 4.78. The number of nitrogens with two attached hydrogens (primary N) is 1. The molecule has 0 aliphatic carbocycles. The Labute approximate surface area is 89.6 Å². The normalized spacial score (nSPS) is 9.80.